The van der Waals surface area contributed by atoms with Crippen LogP contribution in [-0.2, 0) is 21.4 Å². The molecule has 0 aromatic heterocycles. The van der Waals surface area contributed by atoms with Crippen molar-refractivity contribution in [2.75, 3.05) is 11.9 Å². The molecule has 0 aliphatic heterocycles. The van der Waals surface area contributed by atoms with Gasteiger partial charge in [0.25, 0.3) is 0 Å². The maximum absolute atomic E-state index is 13.9. The van der Waals surface area contributed by atoms with Crippen molar-refractivity contribution in [2.45, 2.75) is 39.1 Å². The molecule has 3 aromatic carbocycles. The second kappa shape index (κ2) is 10.2. The molecule has 8 heteroatoms. The first kappa shape index (κ1) is 25.1. The van der Waals surface area contributed by atoms with E-state index in [-0.39, 0.29) is 18.0 Å². The van der Waals surface area contributed by atoms with Crippen LogP contribution in [0.15, 0.2) is 65.6 Å². The predicted molar refractivity (Wildman–Crippen MR) is 133 cm³/mol. The number of carbonyl (C=O) groups is 2. The third-order valence-electron chi connectivity index (χ3n) is 5.87. The molecule has 3 aromatic rings. The van der Waals surface area contributed by atoms with E-state index >= 15 is 0 Å². The van der Waals surface area contributed by atoms with Crippen molar-refractivity contribution in [1.29, 1.82) is 0 Å². The van der Waals surface area contributed by atoms with Gasteiger partial charge in [-0.15, -0.1) is 0 Å². The van der Waals surface area contributed by atoms with E-state index in [0.717, 1.165) is 16.7 Å². The molecule has 0 heterocycles. The minimum absolute atomic E-state index is 0.0447. The molecule has 0 aliphatic rings. The van der Waals surface area contributed by atoms with Crippen LogP contribution in [0, 0.1) is 27.7 Å². The van der Waals surface area contributed by atoms with Crippen LogP contribution in [0.2, 0.25) is 0 Å². The van der Waals surface area contributed by atoms with Crippen LogP contribution in [0.25, 0.3) is 0 Å². The summed E-state index contributed by atoms with van der Waals surface area (Å²) >= 11 is 0. The lowest BCUT2D eigenvalue weighted by atomic mass is 10.0. The highest BCUT2D eigenvalue weighted by Gasteiger charge is 2.31. The Morgan fingerprint density at radius 2 is 1.44 bits per heavy atom. The molecule has 2 amide bonds. The topological polar surface area (TPSA) is 110 Å². The van der Waals surface area contributed by atoms with Gasteiger partial charge in [-0.3, -0.25) is 9.59 Å². The molecule has 3 N–H and O–H groups in total. The van der Waals surface area contributed by atoms with Gasteiger partial charge in [-0.1, -0.05) is 36.4 Å². The Bertz CT molecular complexity index is 1290. The number of aryl methyl sites for hydroxylation is 2. The van der Waals surface area contributed by atoms with Crippen LogP contribution in [-0.4, -0.2) is 31.1 Å². The number of nitrogens with zero attached hydrogens (tertiary/aromatic N) is 1. The van der Waals surface area contributed by atoms with Crippen molar-refractivity contribution < 1.29 is 18.0 Å². The summed E-state index contributed by atoms with van der Waals surface area (Å²) in [7, 11) is -4.00. The fraction of sp³-hybridized carbons (Fsp3) is 0.231. The third kappa shape index (κ3) is 5.52. The molecule has 0 saturated heterocycles. The quantitative estimate of drug-likeness (QED) is 0.511. The first-order valence-corrected chi connectivity index (χ1v) is 12.3. The number of hydrogen-bond donors (Lipinski definition) is 2. The van der Waals surface area contributed by atoms with E-state index in [1.54, 1.807) is 26.0 Å². The summed E-state index contributed by atoms with van der Waals surface area (Å²) < 4.78 is 29.0. The Hall–Kier alpha value is -3.49. The number of rotatable bonds is 8. The van der Waals surface area contributed by atoms with Gasteiger partial charge in [0, 0.05) is 17.8 Å². The number of anilines is 1. The van der Waals surface area contributed by atoms with E-state index < -0.39 is 21.8 Å². The Morgan fingerprint density at radius 1 is 0.882 bits per heavy atom. The zero-order chi connectivity index (χ0) is 25.0. The Kier molecular flexibility index (Phi) is 7.54. The van der Waals surface area contributed by atoms with Crippen molar-refractivity contribution >= 4 is 27.5 Å². The summed E-state index contributed by atoms with van der Waals surface area (Å²) in [5, 5.41) is 2.70. The molecule has 7 nitrogen and oxygen atoms in total. The highest BCUT2D eigenvalue weighted by atomic mass is 32.2. The Morgan fingerprint density at radius 3 is 1.97 bits per heavy atom. The van der Waals surface area contributed by atoms with Crippen LogP contribution < -0.4 is 11.1 Å². The fourth-order valence-corrected chi connectivity index (χ4v) is 5.75. The van der Waals surface area contributed by atoms with E-state index in [0.29, 0.717) is 22.4 Å². The van der Waals surface area contributed by atoms with Gasteiger partial charge >= 0.3 is 0 Å². The summed E-state index contributed by atoms with van der Waals surface area (Å²) in [4.78, 5) is 24.4. The first-order chi connectivity index (χ1) is 16.0. The number of nitrogens with one attached hydrogen (secondary N) is 1. The molecule has 0 saturated carbocycles. The summed E-state index contributed by atoms with van der Waals surface area (Å²) in [5.74, 6) is -1.07. The van der Waals surface area contributed by atoms with Crippen LogP contribution in [0.5, 0.6) is 0 Å². The molecular weight excluding hydrogens is 450 g/mol. The SMILES string of the molecule is Cc1cc(C)c(C)c(S(=O)(=O)N(CC(=O)Nc2ccc(C(N)=O)cc2)Cc2ccccc2)c1C. The van der Waals surface area contributed by atoms with E-state index in [2.05, 4.69) is 5.32 Å². The number of amides is 2. The lowest BCUT2D eigenvalue weighted by molar-refractivity contribution is -0.116. The first-order valence-electron chi connectivity index (χ1n) is 10.8. The third-order valence-corrected chi connectivity index (χ3v) is 7.94. The average Bonchev–Trinajstić information content (AvgIpc) is 2.78. The molecule has 0 aliphatic carbocycles. The van der Waals surface area contributed by atoms with Crippen molar-refractivity contribution in [3.63, 3.8) is 0 Å². The molecule has 0 spiro atoms. The zero-order valence-electron chi connectivity index (χ0n) is 19.8. The maximum atomic E-state index is 13.9. The van der Waals surface area contributed by atoms with E-state index in [4.69, 9.17) is 5.73 Å². The van der Waals surface area contributed by atoms with Gasteiger partial charge in [-0.2, -0.15) is 4.31 Å². The van der Waals surface area contributed by atoms with E-state index in [9.17, 15) is 18.0 Å². The molecule has 0 radical (unpaired) electrons. The highest BCUT2D eigenvalue weighted by Crippen LogP contribution is 2.29. The number of sulfonamides is 1. The fourth-order valence-electron chi connectivity index (χ4n) is 3.79. The Labute approximate surface area is 200 Å². The van der Waals surface area contributed by atoms with Gasteiger partial charge in [-0.25, -0.2) is 8.42 Å². The molecule has 3 rings (SSSR count). The van der Waals surface area contributed by atoms with Crippen LogP contribution in [0.4, 0.5) is 5.69 Å². The van der Waals surface area contributed by atoms with Gasteiger partial charge in [0.15, 0.2) is 0 Å². The number of benzene rings is 3. The lowest BCUT2D eigenvalue weighted by Crippen LogP contribution is -2.38. The van der Waals surface area contributed by atoms with Crippen LogP contribution in [0.3, 0.4) is 0 Å². The minimum Gasteiger partial charge on any atom is -0.366 e. The minimum atomic E-state index is -4.00. The number of nitrogens with two attached hydrogens (primary N) is 1. The van der Waals surface area contributed by atoms with Gasteiger partial charge in [0.2, 0.25) is 21.8 Å². The Balaban J connectivity index is 1.96. The van der Waals surface area contributed by atoms with Crippen LogP contribution >= 0.6 is 0 Å². The number of hydrogen-bond acceptors (Lipinski definition) is 4. The predicted octanol–water partition coefficient (Wildman–Crippen LogP) is 3.85. The van der Waals surface area contributed by atoms with E-state index in [1.807, 2.05) is 50.2 Å². The molecule has 178 valence electrons. The standard InChI is InChI=1S/C26H29N3O4S/c1-17-14-18(2)20(4)25(19(17)3)34(32,33)29(15-21-8-6-5-7-9-21)16-24(30)28-23-12-10-22(11-13-23)26(27)31/h5-14H,15-16H2,1-4H3,(H2,27,31)(H,28,30). The number of primary amides is 1. The monoisotopic (exact) mass is 479 g/mol. The average molecular weight is 480 g/mol. The summed E-state index contributed by atoms with van der Waals surface area (Å²) in [5.41, 5.74) is 9.86. The van der Waals surface area contributed by atoms with Gasteiger partial charge in [0.05, 0.1) is 11.4 Å². The van der Waals surface area contributed by atoms with Crippen molar-refractivity contribution in [1.82, 2.24) is 4.31 Å². The molecule has 0 bridgehead atoms. The van der Waals surface area contributed by atoms with Gasteiger partial charge in [0.1, 0.15) is 0 Å². The second-order valence-corrected chi connectivity index (χ2v) is 10.2. The maximum Gasteiger partial charge on any atom is 0.248 e. The van der Waals surface area contributed by atoms with Gasteiger partial charge in [-0.05, 0) is 79.8 Å². The van der Waals surface area contributed by atoms with Crippen molar-refractivity contribution in [2.24, 2.45) is 5.73 Å². The lowest BCUT2D eigenvalue weighted by Gasteiger charge is -2.25. The number of carbonyl (C=O) groups excluding carboxylic acids is 2. The highest BCUT2D eigenvalue weighted by molar-refractivity contribution is 7.89. The second-order valence-electron chi connectivity index (χ2n) is 8.34. The van der Waals surface area contributed by atoms with Crippen molar-refractivity contribution in [3.8, 4) is 0 Å². The summed E-state index contributed by atoms with van der Waals surface area (Å²) in [6.07, 6.45) is 0. The molecule has 34 heavy (non-hydrogen) atoms. The smallest absolute Gasteiger partial charge is 0.248 e. The molecular formula is C26H29N3O4S. The van der Waals surface area contributed by atoms with Crippen LogP contribution in [0.1, 0.15) is 38.2 Å². The molecule has 0 fully saturated rings. The molecule has 0 unspecified atom stereocenters. The van der Waals surface area contributed by atoms with Crippen molar-refractivity contribution in [3.05, 3.63) is 94.0 Å². The van der Waals surface area contributed by atoms with Gasteiger partial charge < -0.3 is 11.1 Å². The van der Waals surface area contributed by atoms with E-state index in [1.165, 1.54) is 16.4 Å². The largest absolute Gasteiger partial charge is 0.366 e. The zero-order valence-corrected chi connectivity index (χ0v) is 20.6. The summed E-state index contributed by atoms with van der Waals surface area (Å²) in [6, 6.07) is 17.2. The normalized spacial score (nSPS) is 11.4. The summed E-state index contributed by atoms with van der Waals surface area (Å²) in [6.45, 7) is 7.00. The molecule has 0 atom stereocenters.